The van der Waals surface area contributed by atoms with E-state index in [0.717, 1.165) is 12.0 Å². The molecular formula is C8H10O. The number of allylic oxidation sites excluding steroid dienone is 4. The Morgan fingerprint density at radius 3 is 2.33 bits per heavy atom. The maximum atomic E-state index is 10.7. The van der Waals surface area contributed by atoms with Crippen molar-refractivity contribution in [3.8, 4) is 0 Å². The van der Waals surface area contributed by atoms with Crippen molar-refractivity contribution in [2.45, 2.75) is 20.3 Å². The second kappa shape index (κ2) is 2.18. The molecule has 0 amide bonds. The van der Waals surface area contributed by atoms with Crippen LogP contribution in [-0.2, 0) is 4.79 Å². The third-order valence-electron chi connectivity index (χ3n) is 1.56. The van der Waals surface area contributed by atoms with Gasteiger partial charge in [0.05, 0.1) is 0 Å². The Hall–Kier alpha value is -0.850. The van der Waals surface area contributed by atoms with E-state index in [1.54, 1.807) is 12.2 Å². The molecule has 0 aromatic heterocycles. The molecule has 0 spiro atoms. The summed E-state index contributed by atoms with van der Waals surface area (Å²) in [4.78, 5) is 10.7. The molecule has 48 valence electrons. The Labute approximate surface area is 55.1 Å². The summed E-state index contributed by atoms with van der Waals surface area (Å²) in [6, 6.07) is 0. The van der Waals surface area contributed by atoms with Gasteiger partial charge in [0.1, 0.15) is 0 Å². The zero-order valence-electron chi connectivity index (χ0n) is 5.77. The van der Waals surface area contributed by atoms with E-state index in [-0.39, 0.29) is 5.78 Å². The lowest BCUT2D eigenvalue weighted by molar-refractivity contribution is -0.110. The van der Waals surface area contributed by atoms with E-state index in [1.165, 1.54) is 5.57 Å². The zero-order valence-corrected chi connectivity index (χ0v) is 5.77. The highest BCUT2D eigenvalue weighted by atomic mass is 16.1. The van der Waals surface area contributed by atoms with E-state index in [2.05, 4.69) is 6.92 Å². The van der Waals surface area contributed by atoms with E-state index < -0.39 is 0 Å². The molecule has 0 saturated carbocycles. The first-order valence-corrected chi connectivity index (χ1v) is 3.17. The number of carbonyl (C=O) groups excluding carboxylic acids is 1. The Morgan fingerprint density at radius 2 is 2.11 bits per heavy atom. The molecule has 0 unspecified atom stereocenters. The van der Waals surface area contributed by atoms with Gasteiger partial charge in [0.15, 0.2) is 5.78 Å². The zero-order chi connectivity index (χ0) is 6.85. The van der Waals surface area contributed by atoms with Crippen molar-refractivity contribution in [2.75, 3.05) is 0 Å². The highest BCUT2D eigenvalue weighted by molar-refractivity contribution is 6.04. The molecule has 0 radical (unpaired) electrons. The SMILES string of the molecule is CCC1=CC(=O)C=C1C. The first-order chi connectivity index (χ1) is 4.24. The summed E-state index contributed by atoms with van der Waals surface area (Å²) in [5, 5.41) is 0. The Balaban J connectivity index is 2.87. The van der Waals surface area contributed by atoms with E-state index in [9.17, 15) is 4.79 Å². The van der Waals surface area contributed by atoms with Gasteiger partial charge in [-0.25, -0.2) is 0 Å². The summed E-state index contributed by atoms with van der Waals surface area (Å²) in [5.41, 5.74) is 2.31. The molecule has 0 aromatic rings. The predicted molar refractivity (Wildman–Crippen MR) is 37.1 cm³/mol. The lowest BCUT2D eigenvalue weighted by atomic mass is 10.1. The summed E-state index contributed by atoms with van der Waals surface area (Å²) >= 11 is 0. The second-order valence-corrected chi connectivity index (χ2v) is 2.25. The van der Waals surface area contributed by atoms with Gasteiger partial charge in [0, 0.05) is 0 Å². The van der Waals surface area contributed by atoms with Crippen LogP contribution in [0.3, 0.4) is 0 Å². The van der Waals surface area contributed by atoms with Gasteiger partial charge in [0.2, 0.25) is 0 Å². The van der Waals surface area contributed by atoms with Crippen molar-refractivity contribution in [1.82, 2.24) is 0 Å². The molecule has 0 fully saturated rings. The van der Waals surface area contributed by atoms with Gasteiger partial charge in [-0.2, -0.15) is 0 Å². The monoisotopic (exact) mass is 122 g/mol. The van der Waals surface area contributed by atoms with Gasteiger partial charge < -0.3 is 0 Å². The van der Waals surface area contributed by atoms with Crippen LogP contribution in [0.4, 0.5) is 0 Å². The van der Waals surface area contributed by atoms with Crippen molar-refractivity contribution in [3.05, 3.63) is 23.3 Å². The van der Waals surface area contributed by atoms with Crippen molar-refractivity contribution in [1.29, 1.82) is 0 Å². The molecule has 0 aliphatic heterocycles. The Kier molecular flexibility index (Phi) is 1.52. The molecule has 0 atom stereocenters. The second-order valence-electron chi connectivity index (χ2n) is 2.25. The molecular weight excluding hydrogens is 112 g/mol. The molecule has 0 aromatic carbocycles. The van der Waals surface area contributed by atoms with Crippen molar-refractivity contribution in [3.63, 3.8) is 0 Å². The minimum Gasteiger partial charge on any atom is -0.290 e. The third kappa shape index (κ3) is 1.10. The molecule has 1 aliphatic rings. The summed E-state index contributed by atoms with van der Waals surface area (Å²) in [5.74, 6) is 0.143. The average Bonchev–Trinajstić information content (AvgIpc) is 2.10. The van der Waals surface area contributed by atoms with E-state index >= 15 is 0 Å². The van der Waals surface area contributed by atoms with Crippen LogP contribution in [0.5, 0.6) is 0 Å². The van der Waals surface area contributed by atoms with Crippen LogP contribution in [0.1, 0.15) is 20.3 Å². The van der Waals surface area contributed by atoms with Gasteiger partial charge in [-0.15, -0.1) is 0 Å². The van der Waals surface area contributed by atoms with Gasteiger partial charge in [-0.05, 0) is 36.6 Å². The number of ketones is 1. The maximum Gasteiger partial charge on any atom is 0.179 e. The number of hydrogen-bond acceptors (Lipinski definition) is 1. The van der Waals surface area contributed by atoms with Gasteiger partial charge in [0.25, 0.3) is 0 Å². The van der Waals surface area contributed by atoms with Crippen molar-refractivity contribution >= 4 is 5.78 Å². The smallest absolute Gasteiger partial charge is 0.179 e. The highest BCUT2D eigenvalue weighted by Gasteiger charge is 2.07. The van der Waals surface area contributed by atoms with Crippen molar-refractivity contribution in [2.24, 2.45) is 0 Å². The van der Waals surface area contributed by atoms with Crippen LogP contribution >= 0.6 is 0 Å². The summed E-state index contributed by atoms with van der Waals surface area (Å²) in [6.07, 6.45) is 4.35. The molecule has 1 aliphatic carbocycles. The van der Waals surface area contributed by atoms with E-state index in [0.29, 0.717) is 0 Å². The van der Waals surface area contributed by atoms with E-state index in [1.807, 2.05) is 6.92 Å². The van der Waals surface area contributed by atoms with Gasteiger partial charge >= 0.3 is 0 Å². The largest absolute Gasteiger partial charge is 0.290 e. The molecule has 1 heteroatoms. The average molecular weight is 122 g/mol. The standard InChI is InChI=1S/C8H10O/c1-3-7-5-8(9)4-6(7)2/h4-5H,3H2,1-2H3. The molecule has 1 rings (SSSR count). The number of carbonyl (C=O) groups is 1. The Morgan fingerprint density at radius 1 is 1.44 bits per heavy atom. The lowest BCUT2D eigenvalue weighted by Crippen LogP contribution is -1.77. The van der Waals surface area contributed by atoms with Gasteiger partial charge in [-0.3, -0.25) is 4.79 Å². The van der Waals surface area contributed by atoms with Crippen molar-refractivity contribution < 1.29 is 4.79 Å². The minimum atomic E-state index is 0.143. The van der Waals surface area contributed by atoms with Crippen LogP contribution in [-0.4, -0.2) is 5.78 Å². The maximum absolute atomic E-state index is 10.7. The topological polar surface area (TPSA) is 17.1 Å². The molecule has 0 N–H and O–H groups in total. The van der Waals surface area contributed by atoms with Crippen LogP contribution in [0.2, 0.25) is 0 Å². The number of rotatable bonds is 1. The Bertz CT molecular complexity index is 197. The summed E-state index contributed by atoms with van der Waals surface area (Å²) in [6.45, 7) is 4.03. The minimum absolute atomic E-state index is 0.143. The number of hydrogen-bond donors (Lipinski definition) is 0. The summed E-state index contributed by atoms with van der Waals surface area (Å²) < 4.78 is 0. The normalized spacial score (nSPS) is 17.8. The first kappa shape index (κ1) is 6.27. The fourth-order valence-electron chi connectivity index (χ4n) is 1.01. The van der Waals surface area contributed by atoms with Crippen LogP contribution < -0.4 is 0 Å². The summed E-state index contributed by atoms with van der Waals surface area (Å²) in [7, 11) is 0. The predicted octanol–water partition coefficient (Wildman–Crippen LogP) is 1.85. The highest BCUT2D eigenvalue weighted by Crippen LogP contribution is 2.18. The van der Waals surface area contributed by atoms with E-state index in [4.69, 9.17) is 0 Å². The fourth-order valence-corrected chi connectivity index (χ4v) is 1.01. The molecule has 1 nitrogen and oxygen atoms in total. The van der Waals surface area contributed by atoms with Gasteiger partial charge in [-0.1, -0.05) is 6.92 Å². The first-order valence-electron chi connectivity index (χ1n) is 3.17. The third-order valence-corrected chi connectivity index (χ3v) is 1.56. The van der Waals surface area contributed by atoms with Crippen LogP contribution in [0.25, 0.3) is 0 Å². The lowest BCUT2D eigenvalue weighted by Gasteiger charge is -1.94. The fraction of sp³-hybridized carbons (Fsp3) is 0.375. The molecule has 0 saturated heterocycles. The molecule has 9 heavy (non-hydrogen) atoms. The molecule has 0 bridgehead atoms. The van der Waals surface area contributed by atoms with Crippen LogP contribution in [0.15, 0.2) is 23.3 Å². The quantitative estimate of drug-likeness (QED) is 0.518. The van der Waals surface area contributed by atoms with Crippen LogP contribution in [0, 0.1) is 0 Å². The molecule has 0 heterocycles.